The summed E-state index contributed by atoms with van der Waals surface area (Å²) < 4.78 is 44.1. The fraction of sp³-hybridized carbons (Fsp3) is 0.190. The van der Waals surface area contributed by atoms with Gasteiger partial charge in [0.15, 0.2) is 11.5 Å². The van der Waals surface area contributed by atoms with Crippen LogP contribution in [0.25, 0.3) is 6.08 Å². The molecular weight excluding hydrogens is 513 g/mol. The van der Waals surface area contributed by atoms with Gasteiger partial charge in [-0.05, 0) is 42.3 Å². The number of ether oxygens (including phenoxy) is 1. The maximum atomic E-state index is 12.9. The number of carbonyl (C=O) groups is 2. The average Bonchev–Trinajstić information content (AvgIpc) is 3.02. The second-order valence-electron chi connectivity index (χ2n) is 7.10. The smallest absolute Gasteiger partial charge is 0.416 e. The Bertz CT molecular complexity index is 1250. The van der Waals surface area contributed by atoms with Crippen LogP contribution in [0.4, 0.5) is 18.9 Å². The van der Waals surface area contributed by atoms with Gasteiger partial charge in [-0.25, -0.2) is 0 Å². The number of aliphatic carboxylic acids is 1. The molecule has 0 spiro atoms. The second-order valence-corrected chi connectivity index (χ2v) is 8.77. The molecule has 1 saturated heterocycles. The summed E-state index contributed by atoms with van der Waals surface area (Å²) in [6.45, 7) is 0.137. The Labute approximate surface area is 204 Å². The van der Waals surface area contributed by atoms with E-state index in [-0.39, 0.29) is 34.4 Å². The van der Waals surface area contributed by atoms with Crippen LogP contribution >= 0.6 is 24.0 Å². The molecule has 1 aliphatic rings. The molecule has 2 aromatic carbocycles. The number of hydrogen-bond donors (Lipinski definition) is 2. The average molecular weight is 528 g/mol. The number of aromatic hydroxyl groups is 1. The molecule has 0 saturated carbocycles. The predicted molar refractivity (Wildman–Crippen MR) is 123 cm³/mol. The van der Waals surface area contributed by atoms with Gasteiger partial charge >= 0.3 is 17.8 Å². The van der Waals surface area contributed by atoms with Gasteiger partial charge in [-0.3, -0.25) is 24.6 Å². The van der Waals surface area contributed by atoms with Crippen LogP contribution in [-0.2, 0) is 15.8 Å². The van der Waals surface area contributed by atoms with Gasteiger partial charge in [-0.2, -0.15) is 13.2 Å². The first-order valence-corrected chi connectivity index (χ1v) is 10.9. The summed E-state index contributed by atoms with van der Waals surface area (Å²) in [7, 11) is 0. The first-order chi connectivity index (χ1) is 16.4. The van der Waals surface area contributed by atoms with E-state index in [0.717, 1.165) is 17.8 Å². The molecular formula is C21H15F3N2O7S2. The molecule has 0 atom stereocenters. The van der Waals surface area contributed by atoms with Gasteiger partial charge in [0.1, 0.15) is 4.32 Å². The van der Waals surface area contributed by atoms with Gasteiger partial charge in [0.2, 0.25) is 5.75 Å². The summed E-state index contributed by atoms with van der Waals surface area (Å²) in [4.78, 5) is 34.9. The van der Waals surface area contributed by atoms with Crippen LogP contribution in [0.15, 0.2) is 41.3 Å². The van der Waals surface area contributed by atoms with Gasteiger partial charge in [0.05, 0.1) is 15.4 Å². The lowest BCUT2D eigenvalue weighted by molar-refractivity contribution is -0.385. The fourth-order valence-electron chi connectivity index (χ4n) is 2.98. The van der Waals surface area contributed by atoms with Crippen molar-refractivity contribution in [1.29, 1.82) is 0 Å². The quantitative estimate of drug-likeness (QED) is 0.206. The molecule has 1 fully saturated rings. The third kappa shape index (κ3) is 6.27. The third-order valence-corrected chi connectivity index (χ3v) is 6.01. The number of halogens is 3. The number of benzene rings is 2. The Hall–Kier alpha value is -3.65. The number of phenols is 1. The van der Waals surface area contributed by atoms with Crippen LogP contribution in [0.2, 0.25) is 0 Å². The first-order valence-electron chi connectivity index (χ1n) is 9.70. The van der Waals surface area contributed by atoms with Crippen LogP contribution in [0.1, 0.15) is 24.0 Å². The van der Waals surface area contributed by atoms with Gasteiger partial charge in [0.25, 0.3) is 5.91 Å². The molecule has 0 unspecified atom stereocenters. The molecule has 2 aromatic rings. The first kappa shape index (κ1) is 26.0. The van der Waals surface area contributed by atoms with Gasteiger partial charge < -0.3 is 14.9 Å². The maximum absolute atomic E-state index is 12.9. The molecule has 35 heavy (non-hydrogen) atoms. The molecule has 1 amide bonds. The van der Waals surface area contributed by atoms with Crippen molar-refractivity contribution in [3.05, 3.63) is 62.5 Å². The van der Waals surface area contributed by atoms with E-state index in [4.69, 9.17) is 22.1 Å². The summed E-state index contributed by atoms with van der Waals surface area (Å²) in [6, 6.07) is 5.58. The highest BCUT2D eigenvalue weighted by Gasteiger charge is 2.34. The third-order valence-electron chi connectivity index (χ3n) is 4.63. The van der Waals surface area contributed by atoms with Crippen LogP contribution in [0.3, 0.4) is 0 Å². The van der Waals surface area contributed by atoms with Crippen molar-refractivity contribution in [3.8, 4) is 17.2 Å². The summed E-state index contributed by atoms with van der Waals surface area (Å²) in [6.07, 6.45) is -3.26. The van der Waals surface area contributed by atoms with E-state index in [1.54, 1.807) is 0 Å². The summed E-state index contributed by atoms with van der Waals surface area (Å²) >= 11 is 6.16. The lowest BCUT2D eigenvalue weighted by Gasteiger charge is -2.13. The van der Waals surface area contributed by atoms with Crippen molar-refractivity contribution in [1.82, 2.24) is 4.90 Å². The topological polar surface area (TPSA) is 130 Å². The minimum atomic E-state index is -4.79. The SMILES string of the molecule is O=C(O)CCCN1C(=O)C(=Cc2ccc(Oc3ccc(C(F)(F)F)cc3[N+](=O)[O-])c(O)c2)SC1=S. The number of hydrogen-bond acceptors (Lipinski definition) is 8. The molecule has 0 aliphatic carbocycles. The van der Waals surface area contributed by atoms with Gasteiger partial charge in [-0.15, -0.1) is 0 Å². The summed E-state index contributed by atoms with van der Waals surface area (Å²) in [5, 5.41) is 30.2. The second kappa shape index (κ2) is 10.3. The zero-order valence-corrected chi connectivity index (χ0v) is 19.1. The van der Waals surface area contributed by atoms with E-state index in [1.807, 2.05) is 0 Å². The minimum absolute atomic E-state index is 0.122. The van der Waals surface area contributed by atoms with Gasteiger partial charge in [0, 0.05) is 19.0 Å². The van der Waals surface area contributed by atoms with E-state index >= 15 is 0 Å². The van der Waals surface area contributed by atoms with Crippen molar-refractivity contribution in [2.45, 2.75) is 19.0 Å². The Morgan fingerprint density at radius 3 is 2.51 bits per heavy atom. The molecule has 0 radical (unpaired) electrons. The number of nitro benzene ring substituents is 1. The number of carboxylic acids is 1. The lowest BCUT2D eigenvalue weighted by atomic mass is 10.1. The minimum Gasteiger partial charge on any atom is -0.504 e. The Kier molecular flexibility index (Phi) is 7.65. The lowest BCUT2D eigenvalue weighted by Crippen LogP contribution is -2.29. The van der Waals surface area contributed by atoms with Crippen molar-refractivity contribution < 1.29 is 42.6 Å². The largest absolute Gasteiger partial charge is 0.504 e. The Morgan fingerprint density at radius 2 is 1.91 bits per heavy atom. The Morgan fingerprint density at radius 1 is 1.23 bits per heavy atom. The molecule has 3 rings (SSSR count). The molecule has 0 bridgehead atoms. The van der Waals surface area contributed by atoms with Crippen molar-refractivity contribution in [2.75, 3.05) is 6.54 Å². The van der Waals surface area contributed by atoms with Crippen molar-refractivity contribution >= 4 is 51.9 Å². The van der Waals surface area contributed by atoms with Crippen molar-refractivity contribution in [2.24, 2.45) is 0 Å². The zero-order valence-electron chi connectivity index (χ0n) is 17.4. The molecule has 14 heteroatoms. The van der Waals surface area contributed by atoms with Crippen LogP contribution in [0.5, 0.6) is 17.2 Å². The van der Waals surface area contributed by atoms with E-state index in [1.165, 1.54) is 29.2 Å². The number of phenolic OH excluding ortho intramolecular Hbond substituents is 1. The predicted octanol–water partition coefficient (Wildman–Crippen LogP) is 5.18. The van der Waals surface area contributed by atoms with Crippen LogP contribution in [0, 0.1) is 10.1 Å². The number of rotatable bonds is 8. The van der Waals surface area contributed by atoms with E-state index in [9.17, 15) is 38.0 Å². The monoisotopic (exact) mass is 528 g/mol. The number of nitro groups is 1. The normalized spacial score (nSPS) is 15.1. The van der Waals surface area contributed by atoms with Crippen LogP contribution < -0.4 is 4.74 Å². The summed E-state index contributed by atoms with van der Waals surface area (Å²) in [5.74, 6) is -2.67. The molecule has 0 aromatic heterocycles. The number of alkyl halides is 3. The highest BCUT2D eigenvalue weighted by Crippen LogP contribution is 2.40. The fourth-order valence-corrected chi connectivity index (χ4v) is 4.29. The molecule has 2 N–H and O–H groups in total. The highest BCUT2D eigenvalue weighted by atomic mass is 32.2. The van der Waals surface area contributed by atoms with E-state index in [0.29, 0.717) is 17.7 Å². The van der Waals surface area contributed by atoms with E-state index < -0.39 is 45.7 Å². The highest BCUT2D eigenvalue weighted by molar-refractivity contribution is 8.26. The number of amides is 1. The number of nitrogens with zero attached hydrogens (tertiary/aromatic N) is 2. The maximum Gasteiger partial charge on any atom is 0.416 e. The number of thiocarbonyl (C=S) groups is 1. The van der Waals surface area contributed by atoms with Crippen molar-refractivity contribution in [3.63, 3.8) is 0 Å². The number of carboxylic acid groups (broad SMARTS) is 1. The molecule has 1 aliphatic heterocycles. The molecule has 1 heterocycles. The van der Waals surface area contributed by atoms with Crippen LogP contribution in [-0.4, -0.2) is 42.8 Å². The number of thioether (sulfide) groups is 1. The Balaban J connectivity index is 1.79. The standard InChI is InChI=1S/C21H15F3N2O7S2/c22-21(23,24)12-4-6-15(13(10-12)26(31)32)33-16-5-3-11(8-14(16)27)9-17-19(30)25(20(34)35-17)7-1-2-18(28)29/h3-6,8-10,27H,1-2,7H2,(H,28,29). The van der Waals surface area contributed by atoms with Gasteiger partial charge in [-0.1, -0.05) is 30.0 Å². The number of carbonyl (C=O) groups excluding carboxylic acids is 1. The zero-order chi connectivity index (χ0) is 25.9. The van der Waals surface area contributed by atoms with E-state index in [2.05, 4.69) is 0 Å². The molecule has 184 valence electrons. The summed E-state index contributed by atoms with van der Waals surface area (Å²) in [5.41, 5.74) is -1.81. The molecule has 9 nitrogen and oxygen atoms in total.